The fourth-order valence-corrected chi connectivity index (χ4v) is 5.01. The Hall–Kier alpha value is -1.86. The van der Waals surface area contributed by atoms with Crippen LogP contribution < -0.4 is 5.56 Å². The molecule has 0 N–H and O–H groups in total. The van der Waals surface area contributed by atoms with E-state index < -0.39 is 0 Å². The third-order valence-corrected chi connectivity index (χ3v) is 6.32. The maximum absolute atomic E-state index is 13.1. The average Bonchev–Trinajstić information content (AvgIpc) is 2.67. The van der Waals surface area contributed by atoms with Gasteiger partial charge in [0.25, 0.3) is 5.56 Å². The molecular formula is C22H32N4O2S. The van der Waals surface area contributed by atoms with Crippen LogP contribution >= 0.6 is 11.8 Å². The molecule has 2 aromatic rings. The fraction of sp³-hybridized carbons (Fsp3) is 0.591. The number of hydrogen-bond acceptors (Lipinski definition) is 5. The first-order valence-corrected chi connectivity index (χ1v) is 11.4. The van der Waals surface area contributed by atoms with Crippen molar-refractivity contribution in [2.45, 2.75) is 38.4 Å². The van der Waals surface area contributed by atoms with Crippen LogP contribution in [0, 0.1) is 11.8 Å². The number of aromatic nitrogens is 2. The summed E-state index contributed by atoms with van der Waals surface area (Å²) in [6.07, 6.45) is 2.03. The van der Waals surface area contributed by atoms with Gasteiger partial charge in [0.2, 0.25) is 5.91 Å². The quantitative estimate of drug-likeness (QED) is 0.513. The Kier molecular flexibility index (Phi) is 7.35. The Labute approximate surface area is 177 Å². The van der Waals surface area contributed by atoms with Gasteiger partial charge in [-0.2, -0.15) is 0 Å². The van der Waals surface area contributed by atoms with Crippen LogP contribution in [0.15, 0.2) is 34.2 Å². The van der Waals surface area contributed by atoms with Crippen LogP contribution in [0.1, 0.15) is 26.7 Å². The maximum Gasteiger partial charge on any atom is 0.262 e. The molecule has 1 aromatic heterocycles. The summed E-state index contributed by atoms with van der Waals surface area (Å²) in [5.41, 5.74) is 0.668. The normalized spacial score (nSPS) is 19.8. The van der Waals surface area contributed by atoms with Crippen LogP contribution in [0.25, 0.3) is 10.9 Å². The lowest BCUT2D eigenvalue weighted by molar-refractivity contribution is -0.130. The molecule has 0 unspecified atom stereocenters. The minimum Gasteiger partial charge on any atom is -0.341 e. The number of thioether (sulfide) groups is 1. The topological polar surface area (TPSA) is 58.4 Å². The van der Waals surface area contributed by atoms with E-state index in [1.165, 1.54) is 18.2 Å². The molecule has 7 heteroatoms. The van der Waals surface area contributed by atoms with E-state index in [1.807, 2.05) is 43.3 Å². The zero-order chi connectivity index (χ0) is 21.0. The highest BCUT2D eigenvalue weighted by Crippen LogP contribution is 2.23. The molecule has 0 spiro atoms. The zero-order valence-corrected chi connectivity index (χ0v) is 18.7. The summed E-state index contributed by atoms with van der Waals surface area (Å²) in [7, 11) is 4.05. The Morgan fingerprint density at radius 2 is 1.90 bits per heavy atom. The van der Waals surface area contributed by atoms with Gasteiger partial charge in [-0.1, -0.05) is 37.7 Å². The number of rotatable bonds is 7. The molecule has 1 fully saturated rings. The molecule has 0 radical (unpaired) electrons. The van der Waals surface area contributed by atoms with Crippen LogP contribution in [0.4, 0.5) is 0 Å². The van der Waals surface area contributed by atoms with E-state index in [1.54, 1.807) is 4.57 Å². The van der Waals surface area contributed by atoms with Gasteiger partial charge in [-0.05, 0) is 57.5 Å². The number of para-hydroxylation sites is 1. The van der Waals surface area contributed by atoms with Crippen LogP contribution in [0.3, 0.4) is 0 Å². The van der Waals surface area contributed by atoms with Crippen molar-refractivity contribution in [3.63, 3.8) is 0 Å². The van der Waals surface area contributed by atoms with Crippen molar-refractivity contribution in [1.82, 2.24) is 19.4 Å². The minimum atomic E-state index is -0.0236. The third kappa shape index (κ3) is 5.60. The van der Waals surface area contributed by atoms with E-state index in [0.717, 1.165) is 26.1 Å². The van der Waals surface area contributed by atoms with Crippen molar-refractivity contribution in [2.75, 3.05) is 39.5 Å². The minimum absolute atomic E-state index is 0.0236. The number of fused-ring (bicyclic) bond motifs is 1. The molecule has 1 aliphatic heterocycles. The van der Waals surface area contributed by atoms with Crippen molar-refractivity contribution < 1.29 is 4.79 Å². The largest absolute Gasteiger partial charge is 0.341 e. The second-order valence-corrected chi connectivity index (χ2v) is 9.50. The first-order chi connectivity index (χ1) is 13.8. The molecule has 158 valence electrons. The van der Waals surface area contributed by atoms with Gasteiger partial charge in [0.05, 0.1) is 16.7 Å². The lowest BCUT2D eigenvalue weighted by atomic mass is 9.92. The SMILES string of the molecule is C[C@H]1C[C@H](C)CN(C(=O)CSc2nc3ccccc3c(=O)n2CCCN(C)C)C1. The highest BCUT2D eigenvalue weighted by molar-refractivity contribution is 7.99. The monoisotopic (exact) mass is 416 g/mol. The summed E-state index contributed by atoms with van der Waals surface area (Å²) in [5.74, 6) is 1.53. The average molecular weight is 417 g/mol. The Balaban J connectivity index is 1.79. The van der Waals surface area contributed by atoms with Gasteiger partial charge in [0.15, 0.2) is 5.16 Å². The number of benzene rings is 1. The van der Waals surface area contributed by atoms with Gasteiger partial charge >= 0.3 is 0 Å². The molecule has 3 rings (SSSR count). The molecule has 1 saturated heterocycles. The van der Waals surface area contributed by atoms with Crippen molar-refractivity contribution in [3.05, 3.63) is 34.6 Å². The number of piperidine rings is 1. The van der Waals surface area contributed by atoms with Gasteiger partial charge in [0.1, 0.15) is 0 Å². The summed E-state index contributed by atoms with van der Waals surface area (Å²) in [5, 5.41) is 1.27. The van der Waals surface area contributed by atoms with Crippen molar-refractivity contribution in [3.8, 4) is 0 Å². The summed E-state index contributed by atoms with van der Waals surface area (Å²) in [6.45, 7) is 7.55. The van der Waals surface area contributed by atoms with E-state index in [9.17, 15) is 9.59 Å². The number of carbonyl (C=O) groups is 1. The lowest BCUT2D eigenvalue weighted by Gasteiger charge is -2.35. The van der Waals surface area contributed by atoms with Gasteiger partial charge < -0.3 is 9.80 Å². The van der Waals surface area contributed by atoms with Crippen LogP contribution in [0.2, 0.25) is 0 Å². The van der Waals surface area contributed by atoms with Gasteiger partial charge in [-0.3, -0.25) is 14.2 Å². The second-order valence-electron chi connectivity index (χ2n) is 8.56. The number of carbonyl (C=O) groups excluding carboxylic acids is 1. The zero-order valence-electron chi connectivity index (χ0n) is 17.9. The summed E-state index contributed by atoms with van der Waals surface area (Å²) >= 11 is 1.39. The molecule has 29 heavy (non-hydrogen) atoms. The molecule has 1 amide bonds. The summed E-state index contributed by atoms with van der Waals surface area (Å²) < 4.78 is 1.74. The third-order valence-electron chi connectivity index (χ3n) is 5.36. The number of hydrogen-bond donors (Lipinski definition) is 0. The highest BCUT2D eigenvalue weighted by atomic mass is 32.2. The maximum atomic E-state index is 13.1. The predicted molar refractivity (Wildman–Crippen MR) is 119 cm³/mol. The smallest absolute Gasteiger partial charge is 0.262 e. The lowest BCUT2D eigenvalue weighted by Crippen LogP contribution is -2.43. The van der Waals surface area contributed by atoms with Crippen molar-refractivity contribution in [2.24, 2.45) is 11.8 Å². The van der Waals surface area contributed by atoms with Gasteiger partial charge in [0, 0.05) is 19.6 Å². The number of amides is 1. The predicted octanol–water partition coefficient (Wildman–Crippen LogP) is 2.94. The van der Waals surface area contributed by atoms with Gasteiger partial charge in [-0.15, -0.1) is 0 Å². The van der Waals surface area contributed by atoms with E-state index in [2.05, 4.69) is 18.7 Å². The Bertz CT molecular complexity index is 901. The highest BCUT2D eigenvalue weighted by Gasteiger charge is 2.25. The molecular weight excluding hydrogens is 384 g/mol. The second kappa shape index (κ2) is 9.76. The molecule has 1 aliphatic rings. The Morgan fingerprint density at radius 3 is 2.59 bits per heavy atom. The van der Waals surface area contributed by atoms with Crippen molar-refractivity contribution in [1.29, 1.82) is 0 Å². The molecule has 6 nitrogen and oxygen atoms in total. The molecule has 0 bridgehead atoms. The first kappa shape index (κ1) is 21.8. The Morgan fingerprint density at radius 1 is 1.21 bits per heavy atom. The van der Waals surface area contributed by atoms with E-state index in [-0.39, 0.29) is 11.5 Å². The van der Waals surface area contributed by atoms with E-state index in [0.29, 0.717) is 40.2 Å². The van der Waals surface area contributed by atoms with Crippen molar-refractivity contribution >= 4 is 28.6 Å². The summed E-state index contributed by atoms with van der Waals surface area (Å²) in [6, 6.07) is 7.44. The number of nitrogens with zero attached hydrogens (tertiary/aromatic N) is 4. The fourth-order valence-electron chi connectivity index (χ4n) is 4.08. The molecule has 2 heterocycles. The molecule has 0 saturated carbocycles. The molecule has 2 atom stereocenters. The standard InChI is InChI=1S/C22H32N4O2S/c1-16-12-17(2)14-25(13-16)20(27)15-29-22-23-19-9-6-5-8-18(19)21(28)26(22)11-7-10-24(3)4/h5-6,8-9,16-17H,7,10-15H2,1-4H3/t16-,17-/m0/s1. The molecule has 1 aromatic carbocycles. The number of likely N-dealkylation sites (tertiary alicyclic amines) is 1. The van der Waals surface area contributed by atoms with E-state index >= 15 is 0 Å². The van der Waals surface area contributed by atoms with Gasteiger partial charge in [-0.25, -0.2) is 4.98 Å². The summed E-state index contributed by atoms with van der Waals surface area (Å²) in [4.78, 5) is 34.7. The van der Waals surface area contributed by atoms with Crippen LogP contribution in [-0.2, 0) is 11.3 Å². The van der Waals surface area contributed by atoms with Crippen LogP contribution in [0.5, 0.6) is 0 Å². The molecule has 0 aliphatic carbocycles. The van der Waals surface area contributed by atoms with E-state index in [4.69, 9.17) is 4.98 Å². The first-order valence-electron chi connectivity index (χ1n) is 10.4. The van der Waals surface area contributed by atoms with Crippen LogP contribution in [-0.4, -0.2) is 64.7 Å².